The normalized spacial score (nSPS) is 30.4. The zero-order valence-corrected chi connectivity index (χ0v) is 5.46. The quantitative estimate of drug-likeness (QED) is 0.554. The number of hydrogen-bond donors (Lipinski definition) is 1. The molecule has 0 bridgehead atoms. The van der Waals surface area contributed by atoms with Gasteiger partial charge in [-0.3, -0.25) is 0 Å². The highest BCUT2D eigenvalue weighted by Gasteiger charge is 2.14. The minimum absolute atomic E-state index is 0.151. The van der Waals surface area contributed by atoms with Crippen molar-refractivity contribution in [3.63, 3.8) is 0 Å². The van der Waals surface area contributed by atoms with Gasteiger partial charge in [-0.2, -0.15) is 0 Å². The van der Waals surface area contributed by atoms with Crippen molar-refractivity contribution < 1.29 is 14.2 Å². The third-order valence-corrected chi connectivity index (χ3v) is 1.55. The van der Waals surface area contributed by atoms with E-state index >= 15 is 0 Å². The molecule has 1 aliphatic heterocycles. The molecule has 1 heterocycles. The molecule has 2 atom stereocenters. The smallest absolute Gasteiger partial charge is 0.152 e. The molecule has 8 heavy (non-hydrogen) atoms. The second kappa shape index (κ2) is 3.36. The molecule has 0 aromatic heterocycles. The highest BCUT2D eigenvalue weighted by molar-refractivity contribution is 7.25. The average Bonchev–Trinajstić information content (AvgIpc) is 2.19. The van der Waals surface area contributed by atoms with Crippen LogP contribution < -0.4 is 0 Å². The fourth-order valence-electron chi connectivity index (χ4n) is 0.680. The average molecular weight is 136 g/mol. The van der Waals surface area contributed by atoms with Crippen LogP contribution in [0.15, 0.2) is 0 Å². The second-order valence-corrected chi connectivity index (χ2v) is 2.11. The predicted molar refractivity (Wildman–Crippen MR) is 30.8 cm³/mol. The summed E-state index contributed by atoms with van der Waals surface area (Å²) in [7, 11) is -0.388. The van der Waals surface area contributed by atoms with E-state index in [2.05, 4.69) is 0 Å². The zero-order chi connectivity index (χ0) is 5.82. The summed E-state index contributed by atoms with van der Waals surface area (Å²) in [5.74, 6) is 0. The van der Waals surface area contributed by atoms with Gasteiger partial charge in [-0.25, -0.2) is 0 Å². The van der Waals surface area contributed by atoms with E-state index in [1.165, 1.54) is 0 Å². The van der Waals surface area contributed by atoms with Crippen LogP contribution in [0.3, 0.4) is 0 Å². The molecule has 1 N–H and O–H groups in total. The van der Waals surface area contributed by atoms with E-state index in [0.717, 1.165) is 13.0 Å². The Morgan fingerprint density at radius 3 is 3.12 bits per heavy atom. The van der Waals surface area contributed by atoms with Crippen molar-refractivity contribution in [1.29, 1.82) is 0 Å². The molecule has 0 saturated carbocycles. The molecule has 0 spiro atoms. The number of rotatable bonds is 2. The van der Waals surface area contributed by atoms with Crippen LogP contribution in [0.5, 0.6) is 0 Å². The van der Waals surface area contributed by atoms with Gasteiger partial charge < -0.3 is 14.2 Å². The van der Waals surface area contributed by atoms with Crippen molar-refractivity contribution in [3.05, 3.63) is 0 Å². The maximum absolute atomic E-state index is 8.28. The molecule has 0 amide bonds. The summed E-state index contributed by atoms with van der Waals surface area (Å²) in [5.41, 5.74) is 0. The molecule has 4 heteroatoms. The largest absolute Gasteiger partial charge is 0.379 e. The van der Waals surface area contributed by atoms with Gasteiger partial charge in [0.15, 0.2) is 9.03 Å². The van der Waals surface area contributed by atoms with E-state index < -0.39 is 0 Å². The summed E-state index contributed by atoms with van der Waals surface area (Å²) in [6.45, 7) is 1.42. The van der Waals surface area contributed by atoms with Gasteiger partial charge in [0.1, 0.15) is 0 Å². The van der Waals surface area contributed by atoms with Gasteiger partial charge in [0.05, 0.1) is 12.7 Å². The lowest BCUT2D eigenvalue weighted by molar-refractivity contribution is 0.146. The van der Waals surface area contributed by atoms with Crippen LogP contribution in [0.2, 0.25) is 0 Å². The summed E-state index contributed by atoms with van der Waals surface area (Å²) >= 11 is 0. The Hall–Kier alpha value is 0.310. The first-order chi connectivity index (χ1) is 3.93. The van der Waals surface area contributed by atoms with Crippen molar-refractivity contribution in [2.24, 2.45) is 0 Å². The fraction of sp³-hybridized carbons (Fsp3) is 1.00. The number of hydrogen-bond acceptors (Lipinski definition) is 3. The Morgan fingerprint density at radius 1 is 1.75 bits per heavy atom. The van der Waals surface area contributed by atoms with Crippen molar-refractivity contribution in [1.82, 2.24) is 0 Å². The molecule has 0 aromatic rings. The van der Waals surface area contributed by atoms with Gasteiger partial charge in [0.25, 0.3) is 0 Å². The maximum Gasteiger partial charge on any atom is 0.152 e. The third-order valence-electron chi connectivity index (χ3n) is 1.11. The Morgan fingerprint density at radius 2 is 2.62 bits per heavy atom. The van der Waals surface area contributed by atoms with Gasteiger partial charge in [-0.15, -0.1) is 0 Å². The maximum atomic E-state index is 8.28. The Kier molecular flexibility index (Phi) is 2.70. The van der Waals surface area contributed by atoms with Crippen LogP contribution in [-0.4, -0.2) is 24.2 Å². The summed E-state index contributed by atoms with van der Waals surface area (Å²) < 4.78 is 9.84. The fourth-order valence-corrected chi connectivity index (χ4v) is 1.02. The molecule has 0 aliphatic carbocycles. The van der Waals surface area contributed by atoms with Crippen LogP contribution in [0.25, 0.3) is 0 Å². The monoisotopic (exact) mass is 136 g/mol. The van der Waals surface area contributed by atoms with E-state index in [4.69, 9.17) is 14.2 Å². The Bertz CT molecular complexity index is 62.3. The van der Waals surface area contributed by atoms with Gasteiger partial charge in [0, 0.05) is 6.61 Å². The van der Waals surface area contributed by atoms with Crippen LogP contribution in [0, 0.1) is 0 Å². The molecule has 48 valence electrons. The van der Waals surface area contributed by atoms with Crippen molar-refractivity contribution in [2.45, 2.75) is 12.5 Å². The predicted octanol–water partition coefficient (Wildman–Crippen LogP) is 0.293. The Labute approximate surface area is 49.9 Å². The van der Waals surface area contributed by atoms with E-state index in [-0.39, 0.29) is 15.1 Å². The van der Waals surface area contributed by atoms with E-state index in [9.17, 15) is 0 Å². The molecule has 1 rings (SSSR count). The molecular formula is C4H9O3P. The summed E-state index contributed by atoms with van der Waals surface area (Å²) in [6, 6.07) is 0. The molecule has 1 unspecified atom stereocenters. The van der Waals surface area contributed by atoms with Gasteiger partial charge in [0.2, 0.25) is 0 Å². The molecule has 1 saturated heterocycles. The van der Waals surface area contributed by atoms with Crippen LogP contribution in [-0.2, 0) is 9.26 Å². The first kappa shape index (κ1) is 6.43. The highest BCUT2D eigenvalue weighted by Crippen LogP contribution is 2.16. The van der Waals surface area contributed by atoms with Gasteiger partial charge >= 0.3 is 0 Å². The zero-order valence-electron chi connectivity index (χ0n) is 4.46. The van der Waals surface area contributed by atoms with Gasteiger partial charge in [-0.1, -0.05) is 0 Å². The van der Waals surface area contributed by atoms with E-state index in [0.29, 0.717) is 6.61 Å². The van der Waals surface area contributed by atoms with Gasteiger partial charge in [-0.05, 0) is 6.42 Å². The van der Waals surface area contributed by atoms with Crippen LogP contribution in [0.4, 0.5) is 0 Å². The van der Waals surface area contributed by atoms with E-state index in [1.54, 1.807) is 0 Å². The first-order valence-corrected chi connectivity index (χ1v) is 3.41. The lowest BCUT2D eigenvalue weighted by Crippen LogP contribution is -2.05. The minimum atomic E-state index is -0.388. The highest BCUT2D eigenvalue weighted by atomic mass is 31.1. The van der Waals surface area contributed by atoms with Crippen molar-refractivity contribution >= 4 is 9.03 Å². The molecule has 1 fully saturated rings. The summed E-state index contributed by atoms with van der Waals surface area (Å²) in [5, 5.41) is 0. The molecular weight excluding hydrogens is 127 g/mol. The third kappa shape index (κ3) is 1.67. The molecule has 0 aromatic carbocycles. The lowest BCUT2D eigenvalue weighted by Gasteiger charge is -2.02. The summed E-state index contributed by atoms with van der Waals surface area (Å²) in [6.07, 6.45) is 1.08. The summed E-state index contributed by atoms with van der Waals surface area (Å²) in [4.78, 5) is 8.28. The second-order valence-electron chi connectivity index (χ2n) is 1.69. The lowest BCUT2D eigenvalue weighted by atomic mass is 10.3. The molecule has 3 nitrogen and oxygen atoms in total. The van der Waals surface area contributed by atoms with Crippen molar-refractivity contribution in [3.8, 4) is 0 Å². The molecule has 1 aliphatic rings. The molecule has 0 radical (unpaired) electrons. The minimum Gasteiger partial charge on any atom is -0.379 e. The topological polar surface area (TPSA) is 38.7 Å². The Balaban J connectivity index is 2.06. The number of ether oxygens (including phenoxy) is 1. The van der Waals surface area contributed by atoms with Crippen LogP contribution >= 0.6 is 9.03 Å². The first-order valence-electron chi connectivity index (χ1n) is 2.56. The van der Waals surface area contributed by atoms with Crippen molar-refractivity contribution in [2.75, 3.05) is 13.2 Å². The van der Waals surface area contributed by atoms with E-state index in [1.807, 2.05) is 0 Å². The standard InChI is InChI=1S/C4H9O3P/c5-8-7-4-1-2-6-3-4/h4-5,8H,1-3H2/t4-/m0/s1. The van der Waals surface area contributed by atoms with Crippen LogP contribution in [0.1, 0.15) is 6.42 Å². The SMILES string of the molecule is OPO[C@H]1CCOC1.